The first-order chi connectivity index (χ1) is 14.0. The molecule has 0 aromatic heterocycles. The van der Waals surface area contributed by atoms with E-state index in [1.165, 1.54) is 49.9 Å². The van der Waals surface area contributed by atoms with E-state index in [0.717, 1.165) is 32.0 Å². The van der Waals surface area contributed by atoms with Crippen LogP contribution in [-0.4, -0.2) is 63.3 Å². The molecule has 1 saturated heterocycles. The summed E-state index contributed by atoms with van der Waals surface area (Å²) in [5.41, 5.74) is 0. The van der Waals surface area contributed by atoms with Crippen LogP contribution in [-0.2, 0) is 9.84 Å². The van der Waals surface area contributed by atoms with Gasteiger partial charge in [0.1, 0.15) is 10.7 Å². The Hall–Kier alpha value is -0.940. The van der Waals surface area contributed by atoms with Crippen molar-refractivity contribution in [3.8, 4) is 0 Å². The molecule has 1 saturated carbocycles. The number of hydrogen-bond acceptors (Lipinski definition) is 4. The lowest BCUT2D eigenvalue weighted by Gasteiger charge is -2.36. The molecule has 0 amide bonds. The lowest BCUT2D eigenvalue weighted by atomic mass is 10.0. The molecule has 1 aliphatic heterocycles. The van der Waals surface area contributed by atoms with Crippen molar-refractivity contribution in [2.24, 2.45) is 4.99 Å². The minimum Gasteiger partial charge on any atom is -0.357 e. The van der Waals surface area contributed by atoms with Gasteiger partial charge in [0.05, 0.1) is 12.3 Å². The van der Waals surface area contributed by atoms with Gasteiger partial charge in [-0.2, -0.15) is 0 Å². The molecule has 1 aromatic rings. The van der Waals surface area contributed by atoms with Crippen LogP contribution in [0.2, 0.25) is 0 Å². The summed E-state index contributed by atoms with van der Waals surface area (Å²) < 4.78 is 38.6. The Balaban J connectivity index is 0.00000320. The molecule has 2 fully saturated rings. The van der Waals surface area contributed by atoms with Crippen molar-refractivity contribution in [2.45, 2.75) is 62.4 Å². The quantitative estimate of drug-likeness (QED) is 0.309. The van der Waals surface area contributed by atoms with Crippen LogP contribution in [0.4, 0.5) is 4.39 Å². The third kappa shape index (κ3) is 7.05. The monoisotopic (exact) mass is 552 g/mol. The SMILES string of the molecule is CCNC(=NCCS(=O)(=O)c1ccccc1F)NC1CCN(C2CCCC2)CC1.I. The number of piperidine rings is 1. The summed E-state index contributed by atoms with van der Waals surface area (Å²) in [7, 11) is -3.70. The highest BCUT2D eigenvalue weighted by molar-refractivity contribution is 14.0. The van der Waals surface area contributed by atoms with Gasteiger partial charge in [0.2, 0.25) is 0 Å². The zero-order chi connectivity index (χ0) is 20.7. The molecule has 6 nitrogen and oxygen atoms in total. The van der Waals surface area contributed by atoms with Gasteiger partial charge in [0, 0.05) is 31.7 Å². The van der Waals surface area contributed by atoms with Crippen molar-refractivity contribution in [3.05, 3.63) is 30.1 Å². The Bertz CT molecular complexity index is 792. The van der Waals surface area contributed by atoms with E-state index in [0.29, 0.717) is 18.5 Å². The molecule has 9 heteroatoms. The summed E-state index contributed by atoms with van der Waals surface area (Å²) in [6.07, 6.45) is 7.51. The third-order valence-electron chi connectivity index (χ3n) is 5.86. The van der Waals surface area contributed by atoms with Crippen molar-refractivity contribution in [1.29, 1.82) is 0 Å². The van der Waals surface area contributed by atoms with Crippen LogP contribution in [0.25, 0.3) is 0 Å². The maximum absolute atomic E-state index is 13.8. The number of guanidine groups is 1. The summed E-state index contributed by atoms with van der Waals surface area (Å²) in [5, 5.41) is 6.64. The predicted molar refractivity (Wildman–Crippen MR) is 130 cm³/mol. The van der Waals surface area contributed by atoms with Crippen molar-refractivity contribution in [1.82, 2.24) is 15.5 Å². The third-order valence-corrected chi connectivity index (χ3v) is 7.58. The lowest BCUT2D eigenvalue weighted by molar-refractivity contribution is 0.150. The van der Waals surface area contributed by atoms with Gasteiger partial charge in [-0.25, -0.2) is 12.8 Å². The van der Waals surface area contributed by atoms with Crippen LogP contribution in [0.5, 0.6) is 0 Å². The first kappa shape index (κ1) is 25.3. The second-order valence-corrected chi connectivity index (χ2v) is 9.98. The summed E-state index contributed by atoms with van der Waals surface area (Å²) in [6.45, 7) is 4.97. The molecule has 3 rings (SSSR count). The molecule has 0 spiro atoms. The predicted octanol–water partition coefficient (Wildman–Crippen LogP) is 3.18. The van der Waals surface area contributed by atoms with E-state index in [2.05, 4.69) is 20.5 Å². The van der Waals surface area contributed by atoms with Crippen molar-refractivity contribution >= 4 is 39.8 Å². The van der Waals surface area contributed by atoms with E-state index in [-0.39, 0.29) is 41.2 Å². The van der Waals surface area contributed by atoms with E-state index in [1.807, 2.05) is 6.92 Å². The fraction of sp³-hybridized carbons (Fsp3) is 0.667. The van der Waals surface area contributed by atoms with Crippen LogP contribution < -0.4 is 10.6 Å². The zero-order valence-electron chi connectivity index (χ0n) is 17.6. The van der Waals surface area contributed by atoms with Crippen LogP contribution in [0.15, 0.2) is 34.2 Å². The number of nitrogens with zero attached hydrogens (tertiary/aromatic N) is 2. The maximum atomic E-state index is 13.8. The van der Waals surface area contributed by atoms with Gasteiger partial charge in [-0.1, -0.05) is 25.0 Å². The molecule has 0 radical (unpaired) electrons. The van der Waals surface area contributed by atoms with Crippen molar-refractivity contribution < 1.29 is 12.8 Å². The van der Waals surface area contributed by atoms with Gasteiger partial charge in [0.15, 0.2) is 15.8 Å². The first-order valence-electron chi connectivity index (χ1n) is 10.8. The molecular formula is C21H34FIN4O2S. The second kappa shape index (κ2) is 12.2. The van der Waals surface area contributed by atoms with Gasteiger partial charge in [-0.15, -0.1) is 24.0 Å². The number of rotatable bonds is 7. The Morgan fingerprint density at radius 2 is 1.83 bits per heavy atom. The molecule has 2 aliphatic rings. The molecule has 30 heavy (non-hydrogen) atoms. The molecular weight excluding hydrogens is 518 g/mol. The van der Waals surface area contributed by atoms with E-state index < -0.39 is 15.7 Å². The van der Waals surface area contributed by atoms with Crippen molar-refractivity contribution in [3.63, 3.8) is 0 Å². The summed E-state index contributed by atoms with van der Waals surface area (Å²) in [6, 6.07) is 6.59. The average molecular weight is 552 g/mol. The van der Waals surface area contributed by atoms with Crippen molar-refractivity contribution in [2.75, 3.05) is 31.9 Å². The van der Waals surface area contributed by atoms with Crippen LogP contribution in [0.3, 0.4) is 0 Å². The Labute approximate surface area is 197 Å². The highest BCUT2D eigenvalue weighted by Crippen LogP contribution is 2.26. The molecule has 1 heterocycles. The molecule has 0 bridgehead atoms. The standard InChI is InChI=1S/C21H33FN4O2S.HI/c1-2-23-21(24-13-16-29(27,28)20-10-6-5-9-19(20)22)25-17-11-14-26(15-12-17)18-7-3-4-8-18;/h5-6,9-10,17-18H,2-4,7-8,11-16H2,1H3,(H2,23,24,25);1H. The number of benzene rings is 1. The fourth-order valence-corrected chi connectivity index (χ4v) is 5.48. The number of hydrogen-bond donors (Lipinski definition) is 2. The minimum absolute atomic E-state index is 0. The number of halogens is 2. The topological polar surface area (TPSA) is 73.8 Å². The minimum atomic E-state index is -3.70. The summed E-state index contributed by atoms with van der Waals surface area (Å²) in [5.74, 6) is -0.295. The molecule has 0 atom stereocenters. The highest BCUT2D eigenvalue weighted by Gasteiger charge is 2.27. The molecule has 1 aromatic carbocycles. The smallest absolute Gasteiger partial charge is 0.191 e. The highest BCUT2D eigenvalue weighted by atomic mass is 127. The van der Waals surface area contributed by atoms with E-state index >= 15 is 0 Å². The second-order valence-electron chi connectivity index (χ2n) is 7.90. The number of nitrogens with one attached hydrogen (secondary N) is 2. The number of aliphatic imine (C=N–C) groups is 1. The zero-order valence-corrected chi connectivity index (χ0v) is 20.8. The van der Waals surface area contributed by atoms with E-state index in [1.54, 1.807) is 0 Å². The maximum Gasteiger partial charge on any atom is 0.191 e. The van der Waals surface area contributed by atoms with Crippen LogP contribution in [0.1, 0.15) is 45.4 Å². The van der Waals surface area contributed by atoms with E-state index in [4.69, 9.17) is 0 Å². The molecule has 1 aliphatic carbocycles. The van der Waals surface area contributed by atoms with Crippen LogP contribution in [0, 0.1) is 5.82 Å². The fourth-order valence-electron chi connectivity index (χ4n) is 4.28. The molecule has 170 valence electrons. The number of likely N-dealkylation sites (tertiary alicyclic amines) is 1. The van der Waals surface area contributed by atoms with Gasteiger partial charge in [-0.3, -0.25) is 4.99 Å². The van der Waals surface area contributed by atoms with Gasteiger partial charge < -0.3 is 15.5 Å². The number of sulfone groups is 1. The van der Waals surface area contributed by atoms with E-state index in [9.17, 15) is 12.8 Å². The summed E-state index contributed by atoms with van der Waals surface area (Å²) >= 11 is 0. The first-order valence-corrected chi connectivity index (χ1v) is 12.4. The largest absolute Gasteiger partial charge is 0.357 e. The lowest BCUT2D eigenvalue weighted by Crippen LogP contribution is -2.50. The Morgan fingerprint density at radius 3 is 2.47 bits per heavy atom. The Kier molecular flexibility index (Phi) is 10.3. The van der Waals surface area contributed by atoms with Gasteiger partial charge >= 0.3 is 0 Å². The normalized spacial score (nSPS) is 19.5. The Morgan fingerprint density at radius 1 is 1.17 bits per heavy atom. The summed E-state index contributed by atoms with van der Waals surface area (Å²) in [4.78, 5) is 6.79. The average Bonchev–Trinajstić information content (AvgIpc) is 3.23. The van der Waals surface area contributed by atoms with Gasteiger partial charge in [-0.05, 0) is 44.7 Å². The van der Waals surface area contributed by atoms with Gasteiger partial charge in [0.25, 0.3) is 0 Å². The molecule has 2 N–H and O–H groups in total. The van der Waals surface area contributed by atoms with Crippen LogP contribution >= 0.6 is 24.0 Å². The molecule has 0 unspecified atom stereocenters.